The summed E-state index contributed by atoms with van der Waals surface area (Å²) in [6.07, 6.45) is 0. The van der Waals surface area contributed by atoms with Gasteiger partial charge in [-0.2, -0.15) is 0 Å². The lowest BCUT2D eigenvalue weighted by atomic mass is 10.1. The number of nitrogens with zero attached hydrogens (tertiary/aromatic N) is 2. The molecule has 0 spiro atoms. The molecule has 1 heterocycles. The van der Waals surface area contributed by atoms with Crippen molar-refractivity contribution in [3.05, 3.63) is 35.4 Å². The highest BCUT2D eigenvalue weighted by Crippen LogP contribution is 2.30. The summed E-state index contributed by atoms with van der Waals surface area (Å²) in [5.41, 5.74) is 1.76. The average molecular weight is 251 g/mol. The normalized spacial score (nSPS) is 10.1. The minimum Gasteiger partial charge on any atom is -0.480 e. The molecule has 4 nitrogen and oxygen atoms in total. The summed E-state index contributed by atoms with van der Waals surface area (Å²) in [6.45, 7) is 0. The summed E-state index contributed by atoms with van der Waals surface area (Å²) in [7, 11) is 3.10. The van der Waals surface area contributed by atoms with E-state index in [1.807, 2.05) is 24.3 Å². The van der Waals surface area contributed by atoms with Gasteiger partial charge in [0.15, 0.2) is 0 Å². The van der Waals surface area contributed by atoms with Gasteiger partial charge in [0.2, 0.25) is 11.8 Å². The van der Waals surface area contributed by atoms with Gasteiger partial charge in [-0.15, -0.1) is 10.2 Å². The van der Waals surface area contributed by atoms with E-state index in [-0.39, 0.29) is 0 Å². The molecule has 2 aromatic rings. The molecule has 1 aromatic heterocycles. The number of methoxy groups -OCH3 is 2. The standard InChI is InChI=1S/C12H11ClN2O2/c1-16-11-7-10(12(17-2)15-14-11)8-3-5-9(13)6-4-8/h3-7H,1-2H3. The molecule has 0 amide bonds. The van der Waals surface area contributed by atoms with Crippen LogP contribution in [0, 0.1) is 0 Å². The minimum atomic E-state index is 0.441. The molecule has 0 radical (unpaired) electrons. The zero-order valence-electron chi connectivity index (χ0n) is 9.48. The highest BCUT2D eigenvalue weighted by molar-refractivity contribution is 6.30. The van der Waals surface area contributed by atoms with Crippen LogP contribution in [-0.2, 0) is 0 Å². The predicted octanol–water partition coefficient (Wildman–Crippen LogP) is 2.81. The Balaban J connectivity index is 2.51. The maximum absolute atomic E-state index is 5.85. The Bertz CT molecular complexity index is 514. The average Bonchev–Trinajstić information content (AvgIpc) is 2.39. The lowest BCUT2D eigenvalue weighted by Gasteiger charge is -2.08. The first-order valence-electron chi connectivity index (χ1n) is 4.96. The van der Waals surface area contributed by atoms with Crippen molar-refractivity contribution < 1.29 is 9.47 Å². The second-order valence-corrected chi connectivity index (χ2v) is 3.75. The second-order valence-electron chi connectivity index (χ2n) is 3.32. The first-order valence-corrected chi connectivity index (χ1v) is 5.34. The van der Waals surface area contributed by atoms with Crippen molar-refractivity contribution in [2.75, 3.05) is 14.2 Å². The van der Waals surface area contributed by atoms with Gasteiger partial charge in [0.05, 0.1) is 19.8 Å². The highest BCUT2D eigenvalue weighted by atomic mass is 35.5. The van der Waals surface area contributed by atoms with Gasteiger partial charge < -0.3 is 9.47 Å². The Morgan fingerprint density at radius 3 is 2.29 bits per heavy atom. The van der Waals surface area contributed by atoms with Gasteiger partial charge in [-0.25, -0.2) is 0 Å². The number of benzene rings is 1. The monoisotopic (exact) mass is 250 g/mol. The first kappa shape index (κ1) is 11.7. The summed E-state index contributed by atoms with van der Waals surface area (Å²) >= 11 is 5.85. The molecule has 0 aliphatic heterocycles. The molecular formula is C12H11ClN2O2. The number of hydrogen-bond donors (Lipinski definition) is 0. The highest BCUT2D eigenvalue weighted by Gasteiger charge is 2.10. The maximum atomic E-state index is 5.85. The lowest BCUT2D eigenvalue weighted by Crippen LogP contribution is -1.97. The van der Waals surface area contributed by atoms with Crippen molar-refractivity contribution in [3.63, 3.8) is 0 Å². The van der Waals surface area contributed by atoms with Crippen LogP contribution >= 0.6 is 11.6 Å². The number of rotatable bonds is 3. The molecular weight excluding hydrogens is 240 g/mol. The van der Waals surface area contributed by atoms with E-state index in [9.17, 15) is 0 Å². The topological polar surface area (TPSA) is 44.2 Å². The van der Waals surface area contributed by atoms with Gasteiger partial charge in [0, 0.05) is 11.1 Å². The quantitative estimate of drug-likeness (QED) is 0.840. The third-order valence-corrected chi connectivity index (χ3v) is 2.55. The predicted molar refractivity (Wildman–Crippen MR) is 65.6 cm³/mol. The third kappa shape index (κ3) is 2.47. The summed E-state index contributed by atoms with van der Waals surface area (Å²) in [5, 5.41) is 8.47. The molecule has 0 saturated carbocycles. The van der Waals surface area contributed by atoms with Crippen LogP contribution in [0.4, 0.5) is 0 Å². The van der Waals surface area contributed by atoms with Crippen molar-refractivity contribution in [2.24, 2.45) is 0 Å². The Labute approximate surface area is 104 Å². The molecule has 88 valence electrons. The lowest BCUT2D eigenvalue weighted by molar-refractivity contribution is 0.369. The zero-order valence-corrected chi connectivity index (χ0v) is 10.2. The van der Waals surface area contributed by atoms with E-state index in [2.05, 4.69) is 10.2 Å². The van der Waals surface area contributed by atoms with E-state index in [1.165, 1.54) is 0 Å². The molecule has 17 heavy (non-hydrogen) atoms. The van der Waals surface area contributed by atoms with Crippen LogP contribution in [0.3, 0.4) is 0 Å². The fourth-order valence-corrected chi connectivity index (χ4v) is 1.58. The van der Waals surface area contributed by atoms with Crippen LogP contribution in [0.5, 0.6) is 11.8 Å². The molecule has 0 bridgehead atoms. The van der Waals surface area contributed by atoms with Crippen LogP contribution in [0.25, 0.3) is 11.1 Å². The largest absolute Gasteiger partial charge is 0.480 e. The van der Waals surface area contributed by atoms with Gasteiger partial charge in [-0.05, 0) is 17.7 Å². The van der Waals surface area contributed by atoms with Crippen LogP contribution in [0.1, 0.15) is 0 Å². The van der Waals surface area contributed by atoms with E-state index >= 15 is 0 Å². The second kappa shape index (κ2) is 5.01. The third-order valence-electron chi connectivity index (χ3n) is 2.30. The molecule has 5 heteroatoms. The number of aromatic nitrogens is 2. The number of halogens is 1. The van der Waals surface area contributed by atoms with Gasteiger partial charge >= 0.3 is 0 Å². The molecule has 0 saturated heterocycles. The van der Waals surface area contributed by atoms with Crippen molar-refractivity contribution in [2.45, 2.75) is 0 Å². The van der Waals surface area contributed by atoms with Crippen molar-refractivity contribution in [3.8, 4) is 22.9 Å². The van der Waals surface area contributed by atoms with E-state index < -0.39 is 0 Å². The van der Waals surface area contributed by atoms with E-state index in [0.29, 0.717) is 16.8 Å². The van der Waals surface area contributed by atoms with Gasteiger partial charge in [-0.1, -0.05) is 23.7 Å². The Kier molecular flexibility index (Phi) is 3.44. The molecule has 2 rings (SSSR count). The first-order chi connectivity index (χ1) is 8.24. The summed E-state index contributed by atoms with van der Waals surface area (Å²) in [6, 6.07) is 9.17. The Hall–Kier alpha value is -1.81. The maximum Gasteiger partial charge on any atom is 0.241 e. The molecule has 0 atom stereocenters. The van der Waals surface area contributed by atoms with Crippen LogP contribution < -0.4 is 9.47 Å². The van der Waals surface area contributed by atoms with Crippen molar-refractivity contribution in [1.82, 2.24) is 10.2 Å². The minimum absolute atomic E-state index is 0.441. The summed E-state index contributed by atoms with van der Waals surface area (Å²) < 4.78 is 10.2. The zero-order chi connectivity index (χ0) is 12.3. The number of ether oxygens (including phenoxy) is 2. The fraction of sp³-hybridized carbons (Fsp3) is 0.167. The smallest absolute Gasteiger partial charge is 0.241 e. The fourth-order valence-electron chi connectivity index (χ4n) is 1.45. The Morgan fingerprint density at radius 2 is 1.71 bits per heavy atom. The Morgan fingerprint density at radius 1 is 1.00 bits per heavy atom. The van der Waals surface area contributed by atoms with E-state index in [4.69, 9.17) is 21.1 Å². The molecule has 0 aliphatic rings. The molecule has 1 aromatic carbocycles. The SMILES string of the molecule is COc1cc(-c2ccc(Cl)cc2)c(OC)nn1. The summed E-state index contributed by atoms with van der Waals surface area (Å²) in [4.78, 5) is 0. The van der Waals surface area contributed by atoms with Crippen molar-refractivity contribution in [1.29, 1.82) is 0 Å². The van der Waals surface area contributed by atoms with E-state index in [1.54, 1.807) is 20.3 Å². The van der Waals surface area contributed by atoms with Gasteiger partial charge in [0.25, 0.3) is 0 Å². The molecule has 0 N–H and O–H groups in total. The molecule has 0 unspecified atom stereocenters. The molecule has 0 aliphatic carbocycles. The van der Waals surface area contributed by atoms with E-state index in [0.717, 1.165) is 11.1 Å². The van der Waals surface area contributed by atoms with Crippen LogP contribution in [-0.4, -0.2) is 24.4 Å². The van der Waals surface area contributed by atoms with Crippen molar-refractivity contribution >= 4 is 11.6 Å². The number of hydrogen-bond acceptors (Lipinski definition) is 4. The molecule has 0 fully saturated rings. The van der Waals surface area contributed by atoms with Crippen LogP contribution in [0.2, 0.25) is 5.02 Å². The van der Waals surface area contributed by atoms with Crippen LogP contribution in [0.15, 0.2) is 30.3 Å². The summed E-state index contributed by atoms with van der Waals surface area (Å²) in [5.74, 6) is 0.892. The van der Waals surface area contributed by atoms with Gasteiger partial charge in [0.1, 0.15) is 0 Å². The van der Waals surface area contributed by atoms with Gasteiger partial charge in [-0.3, -0.25) is 0 Å².